The van der Waals surface area contributed by atoms with Crippen LogP contribution in [-0.4, -0.2) is 33.5 Å². The molecule has 33 heavy (non-hydrogen) atoms. The van der Waals surface area contributed by atoms with E-state index in [0.717, 1.165) is 24.3 Å². The number of rotatable bonds is 4. The Balaban J connectivity index is 1.78. The molecule has 0 bridgehead atoms. The third-order valence-electron chi connectivity index (χ3n) is 4.57. The topological polar surface area (TPSA) is 86.8 Å². The summed E-state index contributed by atoms with van der Waals surface area (Å²) in [6.45, 7) is 0. The van der Waals surface area contributed by atoms with E-state index in [-0.39, 0.29) is 27.1 Å². The van der Waals surface area contributed by atoms with Gasteiger partial charge in [-0.25, -0.2) is 17.8 Å². The lowest BCUT2D eigenvalue weighted by Crippen LogP contribution is -2.23. The Labute approximate surface area is 194 Å². The smallest absolute Gasteiger partial charge is 0.287 e. The van der Waals surface area contributed by atoms with Crippen LogP contribution in [0.5, 0.6) is 0 Å². The van der Waals surface area contributed by atoms with Gasteiger partial charge in [0.25, 0.3) is 9.84 Å². The fourth-order valence-corrected chi connectivity index (χ4v) is 4.11. The molecule has 4 rings (SSSR count). The minimum Gasteiger partial charge on any atom is -0.287 e. The highest BCUT2D eigenvalue weighted by molar-refractivity contribution is 7.92. The Hall–Kier alpha value is -3.15. The molecule has 0 saturated heterocycles. The van der Waals surface area contributed by atoms with Crippen LogP contribution >= 0.6 is 23.2 Å². The fraction of sp³-hybridized carbons (Fsp3) is 0.0500. The van der Waals surface area contributed by atoms with Gasteiger partial charge in [-0.1, -0.05) is 29.3 Å². The highest BCUT2D eigenvalue weighted by atomic mass is 35.5. The van der Waals surface area contributed by atoms with Crippen molar-refractivity contribution >= 4 is 33.0 Å². The SMILES string of the molecule is O=c1ccn(-c2ccc(S(=O)(=O)C(F)(F)F)cc2)nc1-c1ccnn1-c1cccc(Cl)c1Cl. The third-order valence-corrected chi connectivity index (χ3v) is 6.88. The molecule has 0 aliphatic carbocycles. The van der Waals surface area contributed by atoms with Crippen molar-refractivity contribution in [3.05, 3.63) is 87.3 Å². The van der Waals surface area contributed by atoms with Gasteiger partial charge in [0.15, 0.2) is 5.69 Å². The average Bonchev–Trinajstić information content (AvgIpc) is 3.24. The molecule has 0 atom stereocenters. The van der Waals surface area contributed by atoms with Crippen LogP contribution in [0.4, 0.5) is 13.2 Å². The van der Waals surface area contributed by atoms with Gasteiger partial charge in [-0.15, -0.1) is 0 Å². The first-order valence-electron chi connectivity index (χ1n) is 9.01. The van der Waals surface area contributed by atoms with Crippen LogP contribution in [0, 0.1) is 0 Å². The number of nitrogens with zero attached hydrogens (tertiary/aromatic N) is 4. The van der Waals surface area contributed by atoms with Gasteiger partial charge in [0.1, 0.15) is 0 Å². The summed E-state index contributed by atoms with van der Waals surface area (Å²) in [7, 11) is -5.48. The van der Waals surface area contributed by atoms with Crippen LogP contribution in [-0.2, 0) is 9.84 Å². The van der Waals surface area contributed by atoms with Crippen molar-refractivity contribution in [2.75, 3.05) is 0 Å². The molecule has 4 aromatic rings. The van der Waals surface area contributed by atoms with Crippen molar-refractivity contribution in [1.29, 1.82) is 0 Å². The molecule has 2 aromatic heterocycles. The molecule has 0 radical (unpaired) electrons. The van der Waals surface area contributed by atoms with E-state index in [0.29, 0.717) is 5.69 Å². The summed E-state index contributed by atoms with van der Waals surface area (Å²) in [5.74, 6) is 0. The normalized spacial score (nSPS) is 12.2. The van der Waals surface area contributed by atoms with Gasteiger partial charge >= 0.3 is 5.51 Å². The lowest BCUT2D eigenvalue weighted by molar-refractivity contribution is -0.0436. The maximum absolute atomic E-state index is 12.8. The first-order valence-corrected chi connectivity index (χ1v) is 11.2. The monoisotopic (exact) mass is 514 g/mol. The highest BCUT2D eigenvalue weighted by Crippen LogP contribution is 2.31. The minimum absolute atomic E-state index is 0.0296. The zero-order valence-electron chi connectivity index (χ0n) is 16.2. The number of alkyl halides is 3. The molecule has 170 valence electrons. The van der Waals surface area contributed by atoms with Crippen LogP contribution in [0.3, 0.4) is 0 Å². The maximum atomic E-state index is 12.8. The standard InChI is InChI=1S/C20H11Cl2F3N4O3S/c21-14-2-1-3-15(18(14)22)29-16(8-10-26-29)19-17(30)9-11-28(27-19)12-4-6-13(7-5-12)33(31,32)20(23,24)25/h1-11H. The number of hydrogen-bond acceptors (Lipinski definition) is 5. The Morgan fingerprint density at radius 3 is 2.30 bits per heavy atom. The fourth-order valence-electron chi connectivity index (χ4n) is 2.97. The summed E-state index contributed by atoms with van der Waals surface area (Å²) < 4.78 is 64.0. The number of sulfone groups is 1. The van der Waals surface area contributed by atoms with Crippen LogP contribution < -0.4 is 5.43 Å². The summed E-state index contributed by atoms with van der Waals surface area (Å²) in [4.78, 5) is 11.6. The second-order valence-electron chi connectivity index (χ2n) is 6.62. The zero-order chi connectivity index (χ0) is 24.0. The average molecular weight is 515 g/mol. The van der Waals surface area contributed by atoms with E-state index in [2.05, 4.69) is 10.2 Å². The van der Waals surface area contributed by atoms with Gasteiger partial charge in [0.05, 0.1) is 38.2 Å². The van der Waals surface area contributed by atoms with Gasteiger partial charge in [-0.3, -0.25) is 4.79 Å². The molecule has 0 aliphatic heterocycles. The molecule has 7 nitrogen and oxygen atoms in total. The first kappa shape index (κ1) is 23.0. The molecule has 2 heterocycles. The largest absolute Gasteiger partial charge is 0.501 e. The molecular weight excluding hydrogens is 504 g/mol. The van der Waals surface area contributed by atoms with Gasteiger partial charge in [0.2, 0.25) is 5.43 Å². The minimum atomic E-state index is -5.48. The molecule has 0 saturated carbocycles. The summed E-state index contributed by atoms with van der Waals surface area (Å²) in [5.41, 5.74) is -4.99. The van der Waals surface area contributed by atoms with E-state index < -0.39 is 25.7 Å². The molecule has 0 spiro atoms. The quantitative estimate of drug-likeness (QED) is 0.394. The van der Waals surface area contributed by atoms with E-state index in [9.17, 15) is 26.4 Å². The maximum Gasteiger partial charge on any atom is 0.501 e. The summed E-state index contributed by atoms with van der Waals surface area (Å²) in [6, 6.07) is 11.5. The highest BCUT2D eigenvalue weighted by Gasteiger charge is 2.46. The van der Waals surface area contributed by atoms with Gasteiger partial charge in [-0.2, -0.15) is 23.4 Å². The number of halogens is 5. The van der Waals surface area contributed by atoms with E-state index in [1.807, 2.05) is 0 Å². The molecule has 0 fully saturated rings. The van der Waals surface area contributed by atoms with E-state index >= 15 is 0 Å². The lowest BCUT2D eigenvalue weighted by atomic mass is 10.2. The Morgan fingerprint density at radius 1 is 0.939 bits per heavy atom. The Morgan fingerprint density at radius 2 is 1.64 bits per heavy atom. The summed E-state index contributed by atoms with van der Waals surface area (Å²) in [6.07, 6.45) is 2.73. The number of aromatic nitrogens is 4. The van der Waals surface area contributed by atoms with Crippen molar-refractivity contribution in [3.8, 4) is 22.8 Å². The lowest BCUT2D eigenvalue weighted by Gasteiger charge is -2.12. The van der Waals surface area contributed by atoms with E-state index in [4.69, 9.17) is 23.2 Å². The molecule has 13 heteroatoms. The molecule has 0 aliphatic rings. The zero-order valence-corrected chi connectivity index (χ0v) is 18.5. The summed E-state index contributed by atoms with van der Waals surface area (Å²) in [5, 5.41) is 8.93. The van der Waals surface area contributed by atoms with Gasteiger partial charge in [0, 0.05) is 12.3 Å². The number of hydrogen-bond donors (Lipinski definition) is 0. The molecule has 2 aromatic carbocycles. The van der Waals surface area contributed by atoms with Crippen LogP contribution in [0.25, 0.3) is 22.8 Å². The predicted octanol–water partition coefficient (Wildman–Crippen LogP) is 4.69. The van der Waals surface area contributed by atoms with E-state index in [1.165, 1.54) is 33.9 Å². The molecular formula is C20H11Cl2F3N4O3S. The Kier molecular flexibility index (Phi) is 5.81. The summed E-state index contributed by atoms with van der Waals surface area (Å²) >= 11 is 12.3. The van der Waals surface area contributed by atoms with Crippen molar-refractivity contribution in [3.63, 3.8) is 0 Å². The van der Waals surface area contributed by atoms with E-state index in [1.54, 1.807) is 18.2 Å². The van der Waals surface area contributed by atoms with Crippen molar-refractivity contribution in [2.45, 2.75) is 10.4 Å². The second kappa shape index (κ2) is 8.32. The molecule has 0 amide bonds. The molecule has 0 unspecified atom stereocenters. The van der Waals surface area contributed by atoms with Crippen LogP contribution in [0.2, 0.25) is 10.0 Å². The Bertz CT molecular complexity index is 1510. The first-order chi connectivity index (χ1) is 15.5. The van der Waals surface area contributed by atoms with Crippen molar-refractivity contribution in [2.24, 2.45) is 0 Å². The van der Waals surface area contributed by atoms with Gasteiger partial charge in [-0.05, 0) is 42.5 Å². The van der Waals surface area contributed by atoms with Crippen molar-refractivity contribution in [1.82, 2.24) is 19.6 Å². The van der Waals surface area contributed by atoms with Crippen LogP contribution in [0.1, 0.15) is 0 Å². The van der Waals surface area contributed by atoms with Crippen molar-refractivity contribution < 1.29 is 21.6 Å². The van der Waals surface area contributed by atoms with Crippen LogP contribution in [0.15, 0.2) is 76.7 Å². The van der Waals surface area contributed by atoms with Gasteiger partial charge < -0.3 is 0 Å². The third kappa shape index (κ3) is 4.14. The predicted molar refractivity (Wildman–Crippen MR) is 116 cm³/mol. The second-order valence-corrected chi connectivity index (χ2v) is 9.34. The molecule has 0 N–H and O–H groups in total. The number of benzene rings is 2.